The first-order chi connectivity index (χ1) is 19.0. The molecule has 0 saturated heterocycles. The molecule has 0 aliphatic carbocycles. The normalized spacial score (nSPS) is 13.5. The van der Waals surface area contributed by atoms with Crippen LogP contribution in [0.1, 0.15) is 22.2 Å². The third kappa shape index (κ3) is 4.38. The molecule has 0 bridgehead atoms. The van der Waals surface area contributed by atoms with Gasteiger partial charge in [-0.05, 0) is 42.0 Å². The fraction of sp³-hybridized carbons (Fsp3) is 0.0645. The fourth-order valence-electron chi connectivity index (χ4n) is 4.62. The molecule has 6 rings (SSSR count). The van der Waals surface area contributed by atoms with E-state index >= 15 is 0 Å². The Bertz CT molecular complexity index is 1670. The van der Waals surface area contributed by atoms with Gasteiger partial charge in [0.05, 0.1) is 28.7 Å². The molecular weight excluding hydrogens is 498 g/mol. The highest BCUT2D eigenvalue weighted by Gasteiger charge is 2.37. The summed E-state index contributed by atoms with van der Waals surface area (Å²) >= 11 is 0. The van der Waals surface area contributed by atoms with Gasteiger partial charge < -0.3 is 18.6 Å². The molecule has 1 aromatic heterocycles. The highest BCUT2D eigenvalue weighted by molar-refractivity contribution is 5.93. The summed E-state index contributed by atoms with van der Waals surface area (Å²) < 4.78 is 24.1. The number of esters is 1. The highest BCUT2D eigenvalue weighted by atomic mass is 16.7. The van der Waals surface area contributed by atoms with E-state index in [0.29, 0.717) is 34.1 Å². The number of benzene rings is 4. The van der Waals surface area contributed by atoms with E-state index in [9.17, 15) is 14.9 Å². The van der Waals surface area contributed by atoms with Crippen molar-refractivity contribution in [3.05, 3.63) is 124 Å². The number of non-ortho nitro benzene ring substituents is 1. The van der Waals surface area contributed by atoms with Crippen molar-refractivity contribution in [3.8, 4) is 45.3 Å². The van der Waals surface area contributed by atoms with Crippen molar-refractivity contribution < 1.29 is 28.3 Å². The number of carbonyl (C=O) groups is 1. The summed E-state index contributed by atoms with van der Waals surface area (Å²) in [6.07, 6.45) is -0.923. The van der Waals surface area contributed by atoms with Crippen LogP contribution in [0.3, 0.4) is 0 Å². The molecule has 8 heteroatoms. The Kier molecular flexibility index (Phi) is 6.05. The molecule has 2 heterocycles. The van der Waals surface area contributed by atoms with Crippen LogP contribution in [0.15, 0.2) is 108 Å². The molecule has 1 unspecified atom stereocenters. The van der Waals surface area contributed by atoms with E-state index in [-0.39, 0.29) is 5.69 Å². The maximum Gasteiger partial charge on any atom is 0.337 e. The smallest absolute Gasteiger partial charge is 0.337 e. The molecule has 1 aliphatic heterocycles. The molecule has 8 nitrogen and oxygen atoms in total. The zero-order valence-corrected chi connectivity index (χ0v) is 20.7. The molecular formula is C31H21NO7. The molecule has 39 heavy (non-hydrogen) atoms. The Hall–Kier alpha value is -5.37. The van der Waals surface area contributed by atoms with Crippen molar-refractivity contribution in [2.45, 2.75) is 6.29 Å². The van der Waals surface area contributed by atoms with Gasteiger partial charge in [-0.25, -0.2) is 4.79 Å². The van der Waals surface area contributed by atoms with E-state index in [2.05, 4.69) is 0 Å². The standard InChI is InChI=1S/C31H21NO7/c1-36-30(33)21-13-11-19(12-14-21)26-27-29(39-28(26)20-7-3-2-4-8-20)24-9-5-6-10-25(24)38-31(27)37-23-17-15-22(16-18-23)32(34)35/h2-18,31H,1H3. The van der Waals surface area contributed by atoms with E-state index in [1.165, 1.54) is 31.4 Å². The van der Waals surface area contributed by atoms with Crippen LogP contribution < -0.4 is 9.47 Å². The van der Waals surface area contributed by atoms with Crippen LogP contribution in [0.2, 0.25) is 0 Å². The lowest BCUT2D eigenvalue weighted by Crippen LogP contribution is -2.19. The van der Waals surface area contributed by atoms with E-state index in [1.807, 2.05) is 66.7 Å². The number of para-hydroxylation sites is 1. The summed E-state index contributed by atoms with van der Waals surface area (Å²) in [7, 11) is 1.34. The van der Waals surface area contributed by atoms with Crippen molar-refractivity contribution in [1.82, 2.24) is 0 Å². The average molecular weight is 520 g/mol. The van der Waals surface area contributed by atoms with Gasteiger partial charge in [-0.15, -0.1) is 0 Å². The maximum atomic E-state index is 12.1. The second-order valence-electron chi connectivity index (χ2n) is 8.80. The van der Waals surface area contributed by atoms with Crippen molar-refractivity contribution in [2.24, 2.45) is 0 Å². The zero-order valence-electron chi connectivity index (χ0n) is 20.7. The predicted octanol–water partition coefficient (Wildman–Crippen LogP) is 7.45. The lowest BCUT2D eigenvalue weighted by Gasteiger charge is -2.27. The van der Waals surface area contributed by atoms with Crippen LogP contribution in [0.5, 0.6) is 11.5 Å². The number of ether oxygens (including phenoxy) is 3. The van der Waals surface area contributed by atoms with Crippen LogP contribution in [0.4, 0.5) is 5.69 Å². The Morgan fingerprint density at radius 2 is 1.51 bits per heavy atom. The summed E-state index contributed by atoms with van der Waals surface area (Å²) in [4.78, 5) is 22.7. The summed E-state index contributed by atoms with van der Waals surface area (Å²) in [5, 5.41) is 11.1. The average Bonchev–Trinajstić information content (AvgIpc) is 3.39. The quantitative estimate of drug-likeness (QED) is 0.130. The molecule has 0 saturated carbocycles. The van der Waals surface area contributed by atoms with Crippen LogP contribution >= 0.6 is 0 Å². The molecule has 0 fully saturated rings. The number of nitrogens with zero attached hydrogens (tertiary/aromatic N) is 1. The second-order valence-corrected chi connectivity index (χ2v) is 8.80. The topological polar surface area (TPSA) is 101 Å². The predicted molar refractivity (Wildman–Crippen MR) is 143 cm³/mol. The summed E-state index contributed by atoms with van der Waals surface area (Å²) in [6.45, 7) is 0. The van der Waals surface area contributed by atoms with Crippen LogP contribution in [-0.4, -0.2) is 18.0 Å². The molecule has 4 aromatic carbocycles. The second kappa shape index (κ2) is 9.83. The van der Waals surface area contributed by atoms with Crippen LogP contribution in [0.25, 0.3) is 33.8 Å². The van der Waals surface area contributed by atoms with Crippen LogP contribution in [0, 0.1) is 10.1 Å². The minimum Gasteiger partial charge on any atom is -0.465 e. The molecule has 192 valence electrons. The first-order valence-electron chi connectivity index (χ1n) is 12.1. The number of rotatable bonds is 6. The summed E-state index contributed by atoms with van der Waals surface area (Å²) in [6, 6.07) is 30.1. The lowest BCUT2D eigenvalue weighted by atomic mass is 9.93. The Morgan fingerprint density at radius 3 is 2.21 bits per heavy atom. The van der Waals surface area contributed by atoms with Gasteiger partial charge in [-0.1, -0.05) is 54.6 Å². The van der Waals surface area contributed by atoms with Crippen molar-refractivity contribution in [1.29, 1.82) is 0 Å². The van der Waals surface area contributed by atoms with Crippen molar-refractivity contribution in [3.63, 3.8) is 0 Å². The Morgan fingerprint density at radius 1 is 0.821 bits per heavy atom. The largest absolute Gasteiger partial charge is 0.465 e. The molecule has 0 amide bonds. The Balaban J connectivity index is 1.55. The Labute approximate surface area is 223 Å². The minimum absolute atomic E-state index is 0.0426. The minimum atomic E-state index is -0.923. The monoisotopic (exact) mass is 519 g/mol. The molecule has 1 aliphatic rings. The summed E-state index contributed by atoms with van der Waals surface area (Å²) in [5.74, 6) is 1.75. The fourth-order valence-corrected chi connectivity index (χ4v) is 4.62. The van der Waals surface area contributed by atoms with Gasteiger partial charge in [-0.2, -0.15) is 0 Å². The number of nitro benzene ring substituents is 1. The number of carbonyl (C=O) groups excluding carboxylic acids is 1. The molecule has 5 aromatic rings. The van der Waals surface area contributed by atoms with Gasteiger partial charge >= 0.3 is 5.97 Å². The van der Waals surface area contributed by atoms with Crippen molar-refractivity contribution >= 4 is 11.7 Å². The molecule has 0 N–H and O–H groups in total. The third-order valence-electron chi connectivity index (χ3n) is 6.47. The lowest BCUT2D eigenvalue weighted by molar-refractivity contribution is -0.384. The van der Waals surface area contributed by atoms with E-state index in [1.54, 1.807) is 12.1 Å². The van der Waals surface area contributed by atoms with Gasteiger partial charge in [0.25, 0.3) is 12.0 Å². The number of fused-ring (bicyclic) bond motifs is 3. The van der Waals surface area contributed by atoms with E-state index < -0.39 is 17.2 Å². The van der Waals surface area contributed by atoms with E-state index in [4.69, 9.17) is 18.6 Å². The van der Waals surface area contributed by atoms with Gasteiger partial charge in [0.2, 0.25) is 0 Å². The van der Waals surface area contributed by atoms with Crippen molar-refractivity contribution in [2.75, 3.05) is 7.11 Å². The van der Waals surface area contributed by atoms with Gasteiger partial charge in [0, 0.05) is 23.3 Å². The molecule has 0 radical (unpaired) electrons. The van der Waals surface area contributed by atoms with Gasteiger partial charge in [0.1, 0.15) is 23.0 Å². The number of hydrogen-bond donors (Lipinski definition) is 0. The molecule has 0 spiro atoms. The number of hydrogen-bond acceptors (Lipinski definition) is 7. The SMILES string of the molecule is COC(=O)c1ccc(-c2c(-c3ccccc3)oc3c2C(Oc2ccc([N+](=O)[O-])cc2)Oc2ccccc2-3)cc1. The van der Waals surface area contributed by atoms with Crippen LogP contribution in [-0.2, 0) is 4.74 Å². The summed E-state index contributed by atoms with van der Waals surface area (Å²) in [5.41, 5.74) is 4.19. The number of furan rings is 1. The number of methoxy groups -OCH3 is 1. The van der Waals surface area contributed by atoms with Gasteiger partial charge in [-0.3, -0.25) is 10.1 Å². The first kappa shape index (κ1) is 24.0. The zero-order chi connectivity index (χ0) is 26.9. The maximum absolute atomic E-state index is 12.1. The van der Waals surface area contributed by atoms with E-state index in [0.717, 1.165) is 22.3 Å². The highest BCUT2D eigenvalue weighted by Crippen LogP contribution is 2.52. The number of nitro groups is 1. The first-order valence-corrected chi connectivity index (χ1v) is 12.1. The molecule has 1 atom stereocenters. The van der Waals surface area contributed by atoms with Gasteiger partial charge in [0.15, 0.2) is 0 Å². The third-order valence-corrected chi connectivity index (χ3v) is 6.47.